The number of aromatic carboxylic acids is 1. The molecule has 0 bridgehead atoms. The average Bonchev–Trinajstić information content (AvgIpc) is 2.29. The minimum atomic E-state index is -0.977. The van der Waals surface area contributed by atoms with Crippen LogP contribution in [0.25, 0.3) is 0 Å². The molecule has 0 saturated heterocycles. The number of carboxylic acid groups (broad SMARTS) is 1. The topological polar surface area (TPSA) is 63.6 Å². The molecule has 1 aromatic rings. The molecule has 1 aromatic carbocycles. The summed E-state index contributed by atoms with van der Waals surface area (Å²) in [4.78, 5) is 22.0. The van der Waals surface area contributed by atoms with Crippen LogP contribution in [0.15, 0.2) is 30.9 Å². The summed E-state index contributed by atoms with van der Waals surface area (Å²) in [6, 6.07) is 4.48. The molecule has 0 saturated carbocycles. The smallest absolute Gasteiger partial charge is 0.335 e. The maximum Gasteiger partial charge on any atom is 0.335 e. The van der Waals surface area contributed by atoms with Crippen molar-refractivity contribution in [3.8, 4) is 5.75 Å². The van der Waals surface area contributed by atoms with Crippen molar-refractivity contribution in [3.63, 3.8) is 0 Å². The number of benzene rings is 1. The Morgan fingerprint density at radius 2 is 2.18 bits per heavy atom. The van der Waals surface area contributed by atoms with Gasteiger partial charge in [-0.2, -0.15) is 0 Å². The van der Waals surface area contributed by atoms with Gasteiger partial charge in [-0.05, 0) is 30.2 Å². The Morgan fingerprint density at radius 3 is 2.71 bits per heavy atom. The standard InChI is InChI=1S/C13H14O4/c1-3-5-9-8-10(17-12(14)4-2)6-7-11(9)13(15)16/h4,6-8H,2-3,5H2,1H3,(H,15,16). The van der Waals surface area contributed by atoms with E-state index >= 15 is 0 Å². The highest BCUT2D eigenvalue weighted by Crippen LogP contribution is 2.19. The predicted octanol–water partition coefficient (Wildman–Crippen LogP) is 2.43. The summed E-state index contributed by atoms with van der Waals surface area (Å²) in [5.41, 5.74) is 0.902. The van der Waals surface area contributed by atoms with Gasteiger partial charge in [-0.15, -0.1) is 0 Å². The fraction of sp³-hybridized carbons (Fsp3) is 0.231. The zero-order valence-corrected chi connectivity index (χ0v) is 9.60. The minimum Gasteiger partial charge on any atom is -0.478 e. The van der Waals surface area contributed by atoms with E-state index in [1.165, 1.54) is 12.1 Å². The second kappa shape index (κ2) is 5.84. The molecule has 0 unspecified atom stereocenters. The Kier molecular flexibility index (Phi) is 4.46. The number of ether oxygens (including phenoxy) is 1. The summed E-state index contributed by atoms with van der Waals surface area (Å²) < 4.78 is 4.94. The number of hydrogen-bond acceptors (Lipinski definition) is 3. The fourth-order valence-corrected chi connectivity index (χ4v) is 1.48. The van der Waals surface area contributed by atoms with Crippen LogP contribution in [-0.2, 0) is 11.2 Å². The fourth-order valence-electron chi connectivity index (χ4n) is 1.48. The summed E-state index contributed by atoms with van der Waals surface area (Å²) in [6.07, 6.45) is 2.50. The Morgan fingerprint density at radius 1 is 1.47 bits per heavy atom. The van der Waals surface area contributed by atoms with E-state index in [9.17, 15) is 9.59 Å². The molecule has 17 heavy (non-hydrogen) atoms. The highest BCUT2D eigenvalue weighted by atomic mass is 16.5. The molecule has 90 valence electrons. The van der Waals surface area contributed by atoms with Crippen molar-refractivity contribution in [1.82, 2.24) is 0 Å². The number of carbonyl (C=O) groups excluding carboxylic acids is 1. The summed E-state index contributed by atoms with van der Waals surface area (Å²) >= 11 is 0. The summed E-state index contributed by atoms with van der Waals surface area (Å²) in [7, 11) is 0. The summed E-state index contributed by atoms with van der Waals surface area (Å²) in [6.45, 7) is 5.25. The van der Waals surface area contributed by atoms with Crippen LogP contribution in [0.1, 0.15) is 29.3 Å². The first kappa shape index (κ1) is 13.0. The molecule has 0 fully saturated rings. The number of carbonyl (C=O) groups is 2. The van der Waals surface area contributed by atoms with E-state index in [-0.39, 0.29) is 5.56 Å². The first-order valence-corrected chi connectivity index (χ1v) is 5.29. The SMILES string of the molecule is C=CC(=O)Oc1ccc(C(=O)O)c(CCC)c1. The molecule has 0 radical (unpaired) electrons. The van der Waals surface area contributed by atoms with E-state index in [4.69, 9.17) is 9.84 Å². The summed E-state index contributed by atoms with van der Waals surface area (Å²) in [5.74, 6) is -1.20. The maximum absolute atomic E-state index is 11.0. The Balaban J connectivity index is 3.04. The highest BCUT2D eigenvalue weighted by Gasteiger charge is 2.11. The van der Waals surface area contributed by atoms with Gasteiger partial charge < -0.3 is 9.84 Å². The van der Waals surface area contributed by atoms with E-state index in [0.29, 0.717) is 17.7 Å². The lowest BCUT2D eigenvalue weighted by atomic mass is 10.0. The molecule has 0 aliphatic carbocycles. The maximum atomic E-state index is 11.0. The van der Waals surface area contributed by atoms with Gasteiger partial charge in [0.05, 0.1) is 5.56 Å². The van der Waals surface area contributed by atoms with E-state index in [2.05, 4.69) is 6.58 Å². The van der Waals surface area contributed by atoms with Gasteiger partial charge in [0.15, 0.2) is 0 Å². The number of carboxylic acids is 1. The van der Waals surface area contributed by atoms with Crippen molar-refractivity contribution in [3.05, 3.63) is 42.0 Å². The third-order valence-corrected chi connectivity index (χ3v) is 2.21. The molecular weight excluding hydrogens is 220 g/mol. The normalized spacial score (nSPS) is 9.71. The second-order valence-corrected chi connectivity index (χ2v) is 3.50. The first-order valence-electron chi connectivity index (χ1n) is 5.29. The lowest BCUT2D eigenvalue weighted by Gasteiger charge is -2.07. The van der Waals surface area contributed by atoms with Crippen molar-refractivity contribution in [2.24, 2.45) is 0 Å². The Hall–Kier alpha value is -2.10. The molecule has 0 aliphatic heterocycles. The Labute approximate surface area is 99.5 Å². The Bertz CT molecular complexity index is 449. The van der Waals surface area contributed by atoms with Crippen LogP contribution in [0.2, 0.25) is 0 Å². The van der Waals surface area contributed by atoms with Crippen LogP contribution in [0.4, 0.5) is 0 Å². The third-order valence-electron chi connectivity index (χ3n) is 2.21. The first-order chi connectivity index (χ1) is 8.08. The van der Waals surface area contributed by atoms with Gasteiger partial charge in [0.1, 0.15) is 5.75 Å². The molecule has 0 heterocycles. The van der Waals surface area contributed by atoms with Crippen molar-refractivity contribution < 1.29 is 19.4 Å². The van der Waals surface area contributed by atoms with Gasteiger partial charge in [-0.25, -0.2) is 9.59 Å². The molecule has 4 nitrogen and oxygen atoms in total. The van der Waals surface area contributed by atoms with Crippen LogP contribution >= 0.6 is 0 Å². The molecule has 4 heteroatoms. The molecule has 0 amide bonds. The largest absolute Gasteiger partial charge is 0.478 e. The van der Waals surface area contributed by atoms with Crippen LogP contribution in [0.5, 0.6) is 5.75 Å². The van der Waals surface area contributed by atoms with Gasteiger partial charge in [0.25, 0.3) is 0 Å². The van der Waals surface area contributed by atoms with Crippen molar-refractivity contribution in [1.29, 1.82) is 0 Å². The monoisotopic (exact) mass is 234 g/mol. The molecule has 0 aliphatic rings. The van der Waals surface area contributed by atoms with E-state index in [1.807, 2.05) is 6.92 Å². The van der Waals surface area contributed by atoms with Gasteiger partial charge >= 0.3 is 11.9 Å². The number of aryl methyl sites for hydroxylation is 1. The molecular formula is C13H14O4. The molecule has 1 N–H and O–H groups in total. The van der Waals surface area contributed by atoms with Gasteiger partial charge in [-0.3, -0.25) is 0 Å². The third kappa shape index (κ3) is 3.45. The molecule has 0 atom stereocenters. The molecule has 0 aromatic heterocycles. The number of esters is 1. The van der Waals surface area contributed by atoms with Crippen molar-refractivity contribution in [2.75, 3.05) is 0 Å². The van der Waals surface area contributed by atoms with Crippen LogP contribution in [0, 0.1) is 0 Å². The molecule has 1 rings (SSSR count). The number of hydrogen-bond donors (Lipinski definition) is 1. The summed E-state index contributed by atoms with van der Waals surface area (Å²) in [5, 5.41) is 8.99. The minimum absolute atomic E-state index is 0.241. The zero-order chi connectivity index (χ0) is 12.8. The lowest BCUT2D eigenvalue weighted by molar-refractivity contribution is -0.128. The average molecular weight is 234 g/mol. The second-order valence-electron chi connectivity index (χ2n) is 3.50. The van der Waals surface area contributed by atoms with Crippen LogP contribution in [0.3, 0.4) is 0 Å². The van der Waals surface area contributed by atoms with Crippen LogP contribution in [-0.4, -0.2) is 17.0 Å². The lowest BCUT2D eigenvalue weighted by Crippen LogP contribution is -2.06. The predicted molar refractivity (Wildman–Crippen MR) is 63.2 cm³/mol. The molecule has 0 spiro atoms. The van der Waals surface area contributed by atoms with Crippen molar-refractivity contribution in [2.45, 2.75) is 19.8 Å². The van der Waals surface area contributed by atoms with Crippen LogP contribution < -0.4 is 4.74 Å². The van der Waals surface area contributed by atoms with E-state index in [1.54, 1.807) is 6.07 Å². The number of rotatable bonds is 5. The van der Waals surface area contributed by atoms with Gasteiger partial charge in [0.2, 0.25) is 0 Å². The van der Waals surface area contributed by atoms with Crippen molar-refractivity contribution >= 4 is 11.9 Å². The van der Waals surface area contributed by atoms with E-state index < -0.39 is 11.9 Å². The van der Waals surface area contributed by atoms with E-state index in [0.717, 1.165) is 12.5 Å². The zero-order valence-electron chi connectivity index (χ0n) is 9.60. The van der Waals surface area contributed by atoms with Gasteiger partial charge in [-0.1, -0.05) is 19.9 Å². The highest BCUT2D eigenvalue weighted by molar-refractivity contribution is 5.90. The quantitative estimate of drug-likeness (QED) is 0.483. The van der Waals surface area contributed by atoms with Gasteiger partial charge in [0, 0.05) is 6.08 Å².